The molecule has 0 unspecified atom stereocenters. The zero-order valence-corrected chi connectivity index (χ0v) is 15.6. The lowest BCUT2D eigenvalue weighted by Crippen LogP contribution is -2.45. The molecule has 27 heavy (non-hydrogen) atoms. The van der Waals surface area contributed by atoms with E-state index in [9.17, 15) is 9.59 Å². The molecule has 0 bridgehead atoms. The van der Waals surface area contributed by atoms with E-state index in [1.165, 1.54) is 5.56 Å². The number of rotatable bonds is 6. The Hall–Kier alpha value is -2.82. The zero-order valence-electron chi connectivity index (χ0n) is 15.6. The predicted molar refractivity (Wildman–Crippen MR) is 104 cm³/mol. The minimum atomic E-state index is -0.560. The third kappa shape index (κ3) is 5.09. The summed E-state index contributed by atoms with van der Waals surface area (Å²) in [6.07, 6.45) is 2.54. The van der Waals surface area contributed by atoms with Gasteiger partial charge in [-0.1, -0.05) is 30.3 Å². The first-order valence-electron chi connectivity index (χ1n) is 9.42. The number of primary amides is 1. The number of benzene rings is 2. The largest absolute Gasteiger partial charge is 0.481 e. The SMILES string of the molecule is C[C@@H](Oc1ccc(C(N)=O)cc1)C(=O)N1CCC(Cc2ccccc2)CC1. The molecule has 3 rings (SSSR count). The van der Waals surface area contributed by atoms with Gasteiger partial charge in [-0.05, 0) is 61.9 Å². The third-order valence-electron chi connectivity index (χ3n) is 5.09. The molecule has 2 aromatic rings. The van der Waals surface area contributed by atoms with Crippen molar-refractivity contribution in [2.24, 2.45) is 11.7 Å². The number of carbonyl (C=O) groups excluding carboxylic acids is 2. The maximum Gasteiger partial charge on any atom is 0.263 e. The average molecular weight is 366 g/mol. The van der Waals surface area contributed by atoms with E-state index in [-0.39, 0.29) is 5.91 Å². The Morgan fingerprint density at radius 2 is 1.70 bits per heavy atom. The summed E-state index contributed by atoms with van der Waals surface area (Å²) in [4.78, 5) is 25.7. The molecule has 0 saturated carbocycles. The number of amides is 2. The van der Waals surface area contributed by atoms with Gasteiger partial charge in [0.1, 0.15) is 5.75 Å². The van der Waals surface area contributed by atoms with Crippen LogP contribution in [0.1, 0.15) is 35.7 Å². The number of ether oxygens (including phenoxy) is 1. The maximum atomic E-state index is 12.7. The second-order valence-corrected chi connectivity index (χ2v) is 7.11. The molecule has 5 heteroatoms. The van der Waals surface area contributed by atoms with Gasteiger partial charge >= 0.3 is 0 Å². The highest BCUT2D eigenvalue weighted by Crippen LogP contribution is 2.23. The first-order chi connectivity index (χ1) is 13.0. The topological polar surface area (TPSA) is 72.6 Å². The normalized spacial score (nSPS) is 16.0. The van der Waals surface area contributed by atoms with E-state index in [2.05, 4.69) is 24.3 Å². The zero-order chi connectivity index (χ0) is 19.2. The summed E-state index contributed by atoms with van der Waals surface area (Å²) in [6.45, 7) is 3.30. The van der Waals surface area contributed by atoms with E-state index < -0.39 is 12.0 Å². The van der Waals surface area contributed by atoms with Gasteiger partial charge in [-0.15, -0.1) is 0 Å². The van der Waals surface area contributed by atoms with Crippen molar-refractivity contribution in [1.82, 2.24) is 4.90 Å². The summed E-state index contributed by atoms with van der Waals surface area (Å²) in [6, 6.07) is 17.0. The molecule has 1 aliphatic rings. The number of hydrogen-bond acceptors (Lipinski definition) is 3. The Morgan fingerprint density at radius 3 is 2.30 bits per heavy atom. The number of nitrogens with two attached hydrogens (primary N) is 1. The molecule has 2 N–H and O–H groups in total. The Balaban J connectivity index is 1.48. The molecule has 1 aliphatic heterocycles. The van der Waals surface area contributed by atoms with Gasteiger partial charge in [0.2, 0.25) is 5.91 Å². The number of carbonyl (C=O) groups is 2. The van der Waals surface area contributed by atoms with E-state index in [4.69, 9.17) is 10.5 Å². The van der Waals surface area contributed by atoms with Crippen LogP contribution in [0.5, 0.6) is 5.75 Å². The Labute approximate surface area is 160 Å². The molecule has 5 nitrogen and oxygen atoms in total. The molecule has 0 aromatic heterocycles. The fraction of sp³-hybridized carbons (Fsp3) is 0.364. The van der Waals surface area contributed by atoms with Gasteiger partial charge in [0.15, 0.2) is 6.10 Å². The molecule has 1 heterocycles. The number of likely N-dealkylation sites (tertiary alicyclic amines) is 1. The van der Waals surface area contributed by atoms with Gasteiger partial charge < -0.3 is 15.4 Å². The molecule has 0 spiro atoms. The van der Waals surface area contributed by atoms with Gasteiger partial charge in [-0.2, -0.15) is 0 Å². The van der Waals surface area contributed by atoms with Crippen molar-refractivity contribution in [3.05, 3.63) is 65.7 Å². The lowest BCUT2D eigenvalue weighted by atomic mass is 9.90. The van der Waals surface area contributed by atoms with Crippen molar-refractivity contribution in [1.29, 1.82) is 0 Å². The lowest BCUT2D eigenvalue weighted by Gasteiger charge is -2.33. The van der Waals surface area contributed by atoms with Gasteiger partial charge in [-0.3, -0.25) is 9.59 Å². The molecule has 1 saturated heterocycles. The van der Waals surface area contributed by atoms with Gasteiger partial charge in [0, 0.05) is 18.7 Å². The summed E-state index contributed by atoms with van der Waals surface area (Å²) >= 11 is 0. The van der Waals surface area contributed by atoms with Crippen molar-refractivity contribution >= 4 is 11.8 Å². The number of hydrogen-bond donors (Lipinski definition) is 1. The highest BCUT2D eigenvalue weighted by Gasteiger charge is 2.27. The van der Waals surface area contributed by atoms with Crippen molar-refractivity contribution in [2.75, 3.05) is 13.1 Å². The minimum absolute atomic E-state index is 0.00661. The molecule has 0 aliphatic carbocycles. The van der Waals surface area contributed by atoms with Crippen LogP contribution in [0.3, 0.4) is 0 Å². The van der Waals surface area contributed by atoms with Crippen LogP contribution in [0.4, 0.5) is 0 Å². The fourth-order valence-corrected chi connectivity index (χ4v) is 3.51. The van der Waals surface area contributed by atoms with Crippen molar-refractivity contribution < 1.29 is 14.3 Å². The number of nitrogens with zero attached hydrogens (tertiary/aromatic N) is 1. The van der Waals surface area contributed by atoms with E-state index in [0.717, 1.165) is 32.4 Å². The maximum absolute atomic E-state index is 12.7. The van der Waals surface area contributed by atoms with Crippen LogP contribution in [0, 0.1) is 5.92 Å². The molecule has 2 amide bonds. The van der Waals surface area contributed by atoms with Crippen LogP contribution in [0.2, 0.25) is 0 Å². The van der Waals surface area contributed by atoms with E-state index in [1.807, 2.05) is 11.0 Å². The second-order valence-electron chi connectivity index (χ2n) is 7.11. The van der Waals surface area contributed by atoms with Gasteiger partial charge in [0.05, 0.1) is 0 Å². The fourth-order valence-electron chi connectivity index (χ4n) is 3.51. The summed E-state index contributed by atoms with van der Waals surface area (Å²) in [5, 5.41) is 0. The van der Waals surface area contributed by atoms with Crippen LogP contribution in [0.15, 0.2) is 54.6 Å². The first-order valence-corrected chi connectivity index (χ1v) is 9.42. The van der Waals surface area contributed by atoms with Crippen LogP contribution in [0.25, 0.3) is 0 Å². The van der Waals surface area contributed by atoms with E-state index in [0.29, 0.717) is 17.2 Å². The van der Waals surface area contributed by atoms with Gasteiger partial charge in [0.25, 0.3) is 5.91 Å². The molecule has 1 fully saturated rings. The average Bonchev–Trinajstić information content (AvgIpc) is 2.69. The van der Waals surface area contributed by atoms with Crippen molar-refractivity contribution in [3.8, 4) is 5.75 Å². The molecular formula is C22H26N2O3. The monoisotopic (exact) mass is 366 g/mol. The summed E-state index contributed by atoms with van der Waals surface area (Å²) < 4.78 is 5.74. The Bertz CT molecular complexity index is 766. The van der Waals surface area contributed by atoms with Crippen LogP contribution < -0.4 is 10.5 Å². The van der Waals surface area contributed by atoms with Crippen molar-refractivity contribution in [3.63, 3.8) is 0 Å². The van der Waals surface area contributed by atoms with Crippen LogP contribution in [-0.2, 0) is 11.2 Å². The summed E-state index contributed by atoms with van der Waals surface area (Å²) in [5.74, 6) is 0.699. The molecule has 142 valence electrons. The highest BCUT2D eigenvalue weighted by atomic mass is 16.5. The predicted octanol–water partition coefficient (Wildman–Crippen LogP) is 3.03. The van der Waals surface area contributed by atoms with E-state index in [1.54, 1.807) is 31.2 Å². The standard InChI is InChI=1S/C22H26N2O3/c1-16(27-20-9-7-19(8-10-20)21(23)25)22(26)24-13-11-18(12-14-24)15-17-5-3-2-4-6-17/h2-10,16,18H,11-15H2,1H3,(H2,23,25)/t16-/m1/s1. The lowest BCUT2D eigenvalue weighted by molar-refractivity contribution is -0.139. The molecule has 2 aromatic carbocycles. The third-order valence-corrected chi connectivity index (χ3v) is 5.09. The minimum Gasteiger partial charge on any atom is -0.481 e. The number of piperidine rings is 1. The van der Waals surface area contributed by atoms with Crippen molar-refractivity contribution in [2.45, 2.75) is 32.3 Å². The van der Waals surface area contributed by atoms with Gasteiger partial charge in [-0.25, -0.2) is 0 Å². The molecule has 1 atom stereocenters. The van der Waals surface area contributed by atoms with E-state index >= 15 is 0 Å². The summed E-state index contributed by atoms with van der Waals surface area (Å²) in [5.41, 5.74) is 7.01. The smallest absolute Gasteiger partial charge is 0.263 e. The van der Waals surface area contributed by atoms with Crippen LogP contribution in [-0.4, -0.2) is 35.9 Å². The highest BCUT2D eigenvalue weighted by molar-refractivity contribution is 5.92. The molecular weight excluding hydrogens is 340 g/mol. The first kappa shape index (κ1) is 19.0. The van der Waals surface area contributed by atoms with Crippen LogP contribution >= 0.6 is 0 Å². The second kappa shape index (κ2) is 8.71. The Morgan fingerprint density at radius 1 is 1.07 bits per heavy atom. The molecule has 0 radical (unpaired) electrons. The quantitative estimate of drug-likeness (QED) is 0.854. The summed E-state index contributed by atoms with van der Waals surface area (Å²) in [7, 11) is 0. The Kier molecular flexibility index (Phi) is 6.12.